The Hall–Kier alpha value is -2.84. The van der Waals surface area contributed by atoms with E-state index in [2.05, 4.69) is 15.6 Å². The number of anilines is 2. The second kappa shape index (κ2) is 9.98. The van der Waals surface area contributed by atoms with Crippen molar-refractivity contribution >= 4 is 57.5 Å². The van der Waals surface area contributed by atoms with Crippen LogP contribution in [0, 0.1) is 13.8 Å². The Morgan fingerprint density at radius 2 is 1.84 bits per heavy atom. The zero-order valence-electron chi connectivity index (χ0n) is 17.3. The molecule has 0 aliphatic carbocycles. The highest BCUT2D eigenvalue weighted by Crippen LogP contribution is 2.32. The summed E-state index contributed by atoms with van der Waals surface area (Å²) in [5.74, 6) is -0.614. The maximum Gasteiger partial charge on any atom is 0.260 e. The van der Waals surface area contributed by atoms with Crippen molar-refractivity contribution in [2.45, 2.75) is 31.9 Å². The van der Waals surface area contributed by atoms with Crippen LogP contribution in [0.3, 0.4) is 0 Å². The predicted molar refractivity (Wildman–Crippen MR) is 124 cm³/mol. The van der Waals surface area contributed by atoms with Gasteiger partial charge < -0.3 is 15.4 Å². The van der Waals surface area contributed by atoms with Gasteiger partial charge >= 0.3 is 0 Å². The quantitative estimate of drug-likeness (QED) is 0.641. The minimum Gasteiger partial charge on any atom is -0.495 e. The van der Waals surface area contributed by atoms with Crippen LogP contribution in [0.25, 0.3) is 0 Å². The number of methoxy groups -OCH3 is 1. The van der Waals surface area contributed by atoms with Gasteiger partial charge in [-0.25, -0.2) is 4.99 Å². The summed E-state index contributed by atoms with van der Waals surface area (Å²) in [7, 11) is 1.48. The lowest BCUT2D eigenvalue weighted by molar-refractivity contribution is -0.121. The van der Waals surface area contributed by atoms with Crippen LogP contribution in [-0.2, 0) is 14.4 Å². The van der Waals surface area contributed by atoms with Crippen molar-refractivity contribution in [1.29, 1.82) is 0 Å². The number of aliphatic imine (C=N–C) groups is 1. The van der Waals surface area contributed by atoms with E-state index in [9.17, 15) is 14.4 Å². The molecular formula is C22H22ClN3O4S. The van der Waals surface area contributed by atoms with E-state index in [4.69, 9.17) is 16.3 Å². The molecule has 9 heteroatoms. The van der Waals surface area contributed by atoms with E-state index in [0.717, 1.165) is 22.9 Å². The van der Waals surface area contributed by atoms with Crippen LogP contribution in [0.15, 0.2) is 41.4 Å². The lowest BCUT2D eigenvalue weighted by Crippen LogP contribution is -2.22. The predicted octanol–water partition coefficient (Wildman–Crippen LogP) is 4.36. The Kier molecular flexibility index (Phi) is 7.35. The van der Waals surface area contributed by atoms with E-state index in [-0.39, 0.29) is 24.7 Å². The molecule has 2 aromatic carbocycles. The number of amides is 3. The van der Waals surface area contributed by atoms with Crippen LogP contribution in [0.1, 0.15) is 24.0 Å². The third-order valence-corrected chi connectivity index (χ3v) is 6.13. The second-order valence-corrected chi connectivity index (χ2v) is 8.78. The Morgan fingerprint density at radius 3 is 2.52 bits per heavy atom. The number of aryl methyl sites for hydroxylation is 2. The lowest BCUT2D eigenvalue weighted by atomic mass is 10.2. The Labute approximate surface area is 189 Å². The number of carbonyl (C=O) groups excluding carboxylic acids is 3. The third kappa shape index (κ3) is 6.08. The normalized spacial score (nSPS) is 15.4. The standard InChI is InChI=1S/C22H22ClN3O4S/c1-12-4-6-14(7-5-12)24-20(28)11-21-26-22(29)18(31-21)10-19(27)25-16-8-13(2)15(23)9-17(16)30-3/h4-9,18H,10-11H2,1-3H3,(H,24,28)(H,25,27)/t18-/m1/s1. The molecule has 2 aromatic rings. The molecule has 0 saturated heterocycles. The molecule has 1 aliphatic heterocycles. The molecule has 7 nitrogen and oxygen atoms in total. The number of hydrogen-bond donors (Lipinski definition) is 2. The molecule has 3 rings (SSSR count). The molecule has 1 heterocycles. The lowest BCUT2D eigenvalue weighted by Gasteiger charge is -2.13. The molecule has 0 fully saturated rings. The van der Waals surface area contributed by atoms with Gasteiger partial charge in [0.15, 0.2) is 0 Å². The fourth-order valence-electron chi connectivity index (χ4n) is 2.92. The first-order valence-electron chi connectivity index (χ1n) is 9.53. The van der Waals surface area contributed by atoms with E-state index in [0.29, 0.717) is 27.2 Å². The number of nitrogens with zero attached hydrogens (tertiary/aromatic N) is 1. The Balaban J connectivity index is 1.54. The van der Waals surface area contributed by atoms with Gasteiger partial charge in [0.25, 0.3) is 5.91 Å². The zero-order chi connectivity index (χ0) is 22.5. The first-order valence-corrected chi connectivity index (χ1v) is 10.8. The maximum atomic E-state index is 12.5. The van der Waals surface area contributed by atoms with Gasteiger partial charge in [-0.05, 0) is 37.6 Å². The van der Waals surface area contributed by atoms with Gasteiger partial charge in [-0.3, -0.25) is 14.4 Å². The van der Waals surface area contributed by atoms with Gasteiger partial charge in [0.05, 0.1) is 24.3 Å². The molecule has 1 atom stereocenters. The molecule has 3 amide bonds. The minimum absolute atomic E-state index is 0.0212. The zero-order valence-corrected chi connectivity index (χ0v) is 18.9. The molecule has 0 bridgehead atoms. The molecule has 31 heavy (non-hydrogen) atoms. The highest BCUT2D eigenvalue weighted by atomic mass is 35.5. The van der Waals surface area contributed by atoms with Gasteiger partial charge in [0, 0.05) is 23.2 Å². The first kappa shape index (κ1) is 22.8. The summed E-state index contributed by atoms with van der Waals surface area (Å²) in [4.78, 5) is 40.9. The van der Waals surface area contributed by atoms with Gasteiger partial charge in [-0.2, -0.15) is 0 Å². The summed E-state index contributed by atoms with van der Waals surface area (Å²) < 4.78 is 5.25. The van der Waals surface area contributed by atoms with Crippen molar-refractivity contribution in [3.05, 3.63) is 52.5 Å². The number of nitrogens with one attached hydrogen (secondary N) is 2. The average molecular weight is 460 g/mol. The molecule has 0 aromatic heterocycles. The fraction of sp³-hybridized carbons (Fsp3) is 0.273. The van der Waals surface area contributed by atoms with Gasteiger partial charge in [-0.1, -0.05) is 41.1 Å². The van der Waals surface area contributed by atoms with Crippen molar-refractivity contribution in [3.63, 3.8) is 0 Å². The van der Waals surface area contributed by atoms with E-state index in [1.54, 1.807) is 12.1 Å². The summed E-state index contributed by atoms with van der Waals surface area (Å²) >= 11 is 7.23. The second-order valence-electron chi connectivity index (χ2n) is 7.10. The van der Waals surface area contributed by atoms with Crippen molar-refractivity contribution in [3.8, 4) is 5.75 Å². The SMILES string of the molecule is COc1cc(Cl)c(C)cc1NC(=O)C[C@H]1SC(CC(=O)Nc2ccc(C)cc2)=NC1=O. The van der Waals surface area contributed by atoms with Crippen LogP contribution in [0.4, 0.5) is 11.4 Å². The van der Waals surface area contributed by atoms with Gasteiger partial charge in [0.2, 0.25) is 11.8 Å². The molecule has 2 N–H and O–H groups in total. The number of benzene rings is 2. The largest absolute Gasteiger partial charge is 0.495 e. The molecule has 0 spiro atoms. The monoisotopic (exact) mass is 459 g/mol. The summed E-state index contributed by atoms with van der Waals surface area (Å²) in [6.07, 6.45) is -0.0898. The summed E-state index contributed by atoms with van der Waals surface area (Å²) in [5, 5.41) is 5.78. The van der Waals surface area contributed by atoms with E-state index < -0.39 is 11.2 Å². The van der Waals surface area contributed by atoms with Gasteiger partial charge in [-0.15, -0.1) is 0 Å². The maximum absolute atomic E-state index is 12.5. The molecule has 0 saturated carbocycles. The highest BCUT2D eigenvalue weighted by Gasteiger charge is 2.31. The van der Waals surface area contributed by atoms with Crippen molar-refractivity contribution in [1.82, 2.24) is 0 Å². The molecule has 1 aliphatic rings. The van der Waals surface area contributed by atoms with Crippen molar-refractivity contribution in [2.24, 2.45) is 4.99 Å². The number of thioether (sulfide) groups is 1. The van der Waals surface area contributed by atoms with Gasteiger partial charge in [0.1, 0.15) is 11.0 Å². The van der Waals surface area contributed by atoms with E-state index in [1.165, 1.54) is 7.11 Å². The fourth-order valence-corrected chi connectivity index (χ4v) is 4.15. The number of rotatable bonds is 7. The minimum atomic E-state index is -0.665. The van der Waals surface area contributed by atoms with Crippen LogP contribution in [0.2, 0.25) is 5.02 Å². The highest BCUT2D eigenvalue weighted by molar-refractivity contribution is 8.15. The van der Waals surface area contributed by atoms with E-state index >= 15 is 0 Å². The molecule has 162 valence electrons. The van der Waals surface area contributed by atoms with Crippen LogP contribution in [0.5, 0.6) is 5.75 Å². The van der Waals surface area contributed by atoms with E-state index in [1.807, 2.05) is 38.1 Å². The summed E-state index contributed by atoms with van der Waals surface area (Å²) in [5.41, 5.74) is 3.03. The molecular weight excluding hydrogens is 438 g/mol. The van der Waals surface area contributed by atoms with Crippen LogP contribution < -0.4 is 15.4 Å². The molecule has 0 unspecified atom stereocenters. The van der Waals surface area contributed by atoms with Crippen molar-refractivity contribution in [2.75, 3.05) is 17.7 Å². The van der Waals surface area contributed by atoms with Crippen LogP contribution >= 0.6 is 23.4 Å². The Morgan fingerprint density at radius 1 is 1.13 bits per heavy atom. The number of halogens is 1. The van der Waals surface area contributed by atoms with Crippen LogP contribution in [-0.4, -0.2) is 35.1 Å². The number of ether oxygens (including phenoxy) is 1. The smallest absolute Gasteiger partial charge is 0.260 e. The summed E-state index contributed by atoms with van der Waals surface area (Å²) in [6.45, 7) is 3.77. The number of carbonyl (C=O) groups is 3. The van der Waals surface area contributed by atoms with Crippen molar-refractivity contribution < 1.29 is 19.1 Å². The average Bonchev–Trinajstić information content (AvgIpc) is 3.04. The summed E-state index contributed by atoms with van der Waals surface area (Å²) in [6, 6.07) is 10.7. The third-order valence-electron chi connectivity index (χ3n) is 4.56. The topological polar surface area (TPSA) is 96.9 Å². The number of hydrogen-bond acceptors (Lipinski definition) is 5. The molecule has 0 radical (unpaired) electrons. The Bertz CT molecular complexity index is 1050. The first-order chi connectivity index (χ1) is 14.7.